The van der Waals surface area contributed by atoms with E-state index in [1.807, 2.05) is 82.4 Å². The van der Waals surface area contributed by atoms with Gasteiger partial charge < -0.3 is 9.47 Å². The minimum atomic E-state index is -0.0264. The molecule has 0 radical (unpaired) electrons. The summed E-state index contributed by atoms with van der Waals surface area (Å²) in [6, 6.07) is 21.7. The molecule has 0 saturated carbocycles. The first-order valence-corrected chi connectivity index (χ1v) is 16.3. The molecule has 0 aliphatic rings. The Morgan fingerprint density at radius 1 is 0.714 bits per heavy atom. The lowest BCUT2D eigenvalue weighted by Gasteiger charge is -2.23. The molecule has 228 valence electrons. The number of para-hydroxylation sites is 1. The summed E-state index contributed by atoms with van der Waals surface area (Å²) < 4.78 is 13.8. The highest BCUT2D eigenvalue weighted by atomic mass is 16.5. The van der Waals surface area contributed by atoms with Crippen molar-refractivity contribution in [2.24, 2.45) is 0 Å². The highest BCUT2D eigenvalue weighted by Gasteiger charge is 2.26. The Labute approximate surface area is 254 Å². The molecule has 42 heavy (non-hydrogen) atoms. The van der Waals surface area contributed by atoms with Gasteiger partial charge in [-0.25, -0.2) is 0 Å². The first-order chi connectivity index (χ1) is 20.7. The number of anilines is 1. The van der Waals surface area contributed by atoms with Gasteiger partial charge in [0, 0.05) is 24.2 Å². The molecule has 0 saturated heterocycles. The average Bonchev–Trinajstić information content (AvgIpc) is 3.03. The number of nitrogens with zero attached hydrogens (tertiary/aromatic N) is 2. The monoisotopic (exact) mass is 573 g/mol. The van der Waals surface area contributed by atoms with Crippen molar-refractivity contribution in [2.45, 2.75) is 110 Å². The molecule has 3 aromatic rings. The Morgan fingerprint density at radius 2 is 1.36 bits per heavy atom. The van der Waals surface area contributed by atoms with Gasteiger partial charge in [0.2, 0.25) is 0 Å². The zero-order valence-corrected chi connectivity index (χ0v) is 26.4. The molecule has 0 aliphatic heterocycles. The third kappa shape index (κ3) is 11.2. The van der Waals surface area contributed by atoms with Crippen molar-refractivity contribution in [3.8, 4) is 11.5 Å². The molecule has 5 nitrogen and oxygen atoms in total. The van der Waals surface area contributed by atoms with Crippen molar-refractivity contribution in [1.29, 1.82) is 0 Å². The Kier molecular flexibility index (Phi) is 15.6. The highest BCUT2D eigenvalue weighted by molar-refractivity contribution is 6.03. The number of amides is 1. The number of carbonyl (C=O) groups excluding carboxylic acids is 1. The molecule has 2 aromatic carbocycles. The van der Waals surface area contributed by atoms with Crippen molar-refractivity contribution in [3.63, 3.8) is 0 Å². The average molecular weight is 574 g/mol. The largest absolute Gasteiger partial charge is 0.493 e. The maximum absolute atomic E-state index is 13.9. The normalized spacial score (nSPS) is 10.9. The predicted molar refractivity (Wildman–Crippen MR) is 173 cm³/mol. The number of rotatable bonds is 21. The maximum atomic E-state index is 13.9. The Hall–Kier alpha value is -3.34. The number of hydrogen-bond acceptors (Lipinski definition) is 3. The summed E-state index contributed by atoms with van der Waals surface area (Å²) in [7, 11) is 1.67. The van der Waals surface area contributed by atoms with Crippen molar-refractivity contribution < 1.29 is 18.8 Å². The van der Waals surface area contributed by atoms with E-state index in [2.05, 4.69) is 13.8 Å². The number of carbonyl (C=O) groups is 1. The second-order valence-electron chi connectivity index (χ2n) is 11.2. The number of unbranched alkanes of at least 4 members (excludes halogenated alkanes) is 11. The van der Waals surface area contributed by atoms with Crippen LogP contribution in [0.25, 0.3) is 0 Å². The van der Waals surface area contributed by atoms with Crippen LogP contribution in [0.5, 0.6) is 11.5 Å². The second kappa shape index (κ2) is 19.7. The van der Waals surface area contributed by atoms with Gasteiger partial charge in [-0.2, -0.15) is 4.57 Å². The van der Waals surface area contributed by atoms with Crippen LogP contribution in [0.4, 0.5) is 5.69 Å². The first-order valence-electron chi connectivity index (χ1n) is 16.3. The van der Waals surface area contributed by atoms with Crippen LogP contribution in [0.15, 0.2) is 72.9 Å². The van der Waals surface area contributed by atoms with E-state index < -0.39 is 0 Å². The molecular weight excluding hydrogens is 520 g/mol. The van der Waals surface area contributed by atoms with Gasteiger partial charge in [-0.3, -0.25) is 9.69 Å². The summed E-state index contributed by atoms with van der Waals surface area (Å²) in [4.78, 5) is 15.7. The van der Waals surface area contributed by atoms with Gasteiger partial charge in [0.05, 0.1) is 20.3 Å². The zero-order valence-electron chi connectivity index (χ0n) is 26.4. The van der Waals surface area contributed by atoms with Crippen molar-refractivity contribution in [2.75, 3.05) is 18.6 Å². The first kappa shape index (κ1) is 33.2. The fourth-order valence-corrected chi connectivity index (χ4v) is 5.37. The highest BCUT2D eigenvalue weighted by Crippen LogP contribution is 2.30. The molecule has 0 atom stereocenters. The number of pyridine rings is 1. The third-order valence-electron chi connectivity index (χ3n) is 7.76. The van der Waals surface area contributed by atoms with Crippen molar-refractivity contribution in [3.05, 3.63) is 84.2 Å². The summed E-state index contributed by atoms with van der Waals surface area (Å²) in [5, 5.41) is 0. The van der Waals surface area contributed by atoms with Gasteiger partial charge in [-0.05, 0) is 42.3 Å². The van der Waals surface area contributed by atoms with Crippen LogP contribution in [0, 0.1) is 0 Å². The van der Waals surface area contributed by atoms with Gasteiger partial charge in [0.15, 0.2) is 17.7 Å². The van der Waals surface area contributed by atoms with Crippen LogP contribution in [-0.2, 0) is 13.1 Å². The molecule has 0 N–H and O–H groups in total. The van der Waals surface area contributed by atoms with Crippen LogP contribution < -0.4 is 18.9 Å². The summed E-state index contributed by atoms with van der Waals surface area (Å²) in [6.07, 6.45) is 18.8. The Balaban J connectivity index is 1.52. The molecule has 0 unspecified atom stereocenters. The Morgan fingerprint density at radius 3 is 2.00 bits per heavy atom. The fraction of sp³-hybridized carbons (Fsp3) is 0.514. The molecule has 0 fully saturated rings. The van der Waals surface area contributed by atoms with E-state index in [1.165, 1.54) is 70.6 Å². The van der Waals surface area contributed by atoms with Gasteiger partial charge >= 0.3 is 5.91 Å². The molecule has 3 rings (SSSR count). The number of benzene rings is 2. The van der Waals surface area contributed by atoms with Gasteiger partial charge in [-0.1, -0.05) is 109 Å². The summed E-state index contributed by atoms with van der Waals surface area (Å²) >= 11 is 0. The number of methoxy groups -OCH3 is 1. The zero-order chi connectivity index (χ0) is 29.8. The van der Waals surface area contributed by atoms with Crippen LogP contribution in [0.1, 0.15) is 113 Å². The van der Waals surface area contributed by atoms with Gasteiger partial charge in [0.25, 0.3) is 5.69 Å². The molecular formula is C37H53N2O3+. The predicted octanol–water partition coefficient (Wildman–Crippen LogP) is 9.32. The topological polar surface area (TPSA) is 42.7 Å². The van der Waals surface area contributed by atoms with E-state index in [0.717, 1.165) is 36.4 Å². The quantitative estimate of drug-likeness (QED) is 0.0942. The molecule has 0 bridgehead atoms. The number of aromatic nitrogens is 1. The standard InChI is InChI=1S/C37H53N2O3/c1-4-6-7-8-9-10-11-12-13-14-15-21-29-42-35-26-25-32(30-36(35)41-3)31-39(33-22-17-16-18-23-33)37(40)34-24-19-20-28-38(34)27-5-2/h16-20,22-26,28,30H,4-15,21,27,29,31H2,1-3H3/q+1. The minimum absolute atomic E-state index is 0.0264. The van der Waals surface area contributed by atoms with Crippen LogP contribution >= 0.6 is 0 Å². The van der Waals surface area contributed by atoms with E-state index in [4.69, 9.17) is 9.47 Å². The number of hydrogen-bond donors (Lipinski definition) is 0. The molecule has 1 amide bonds. The summed E-state index contributed by atoms with van der Waals surface area (Å²) in [6.45, 7) is 6.31. The smallest absolute Gasteiger partial charge is 0.323 e. The van der Waals surface area contributed by atoms with E-state index in [-0.39, 0.29) is 5.91 Å². The van der Waals surface area contributed by atoms with Gasteiger partial charge in [-0.15, -0.1) is 0 Å². The van der Waals surface area contributed by atoms with Crippen molar-refractivity contribution >= 4 is 11.6 Å². The SMILES string of the molecule is CCCCCCCCCCCCCCOc1ccc(CN(C(=O)c2cccc[n+]2CCC)c2ccccc2)cc1OC. The lowest BCUT2D eigenvalue weighted by molar-refractivity contribution is -0.698. The van der Waals surface area contributed by atoms with Crippen LogP contribution in [0.3, 0.4) is 0 Å². The van der Waals surface area contributed by atoms with E-state index >= 15 is 0 Å². The second-order valence-corrected chi connectivity index (χ2v) is 11.2. The molecule has 1 aromatic heterocycles. The van der Waals surface area contributed by atoms with Crippen LogP contribution in [-0.4, -0.2) is 19.6 Å². The minimum Gasteiger partial charge on any atom is -0.493 e. The van der Waals surface area contributed by atoms with Crippen molar-refractivity contribution in [1.82, 2.24) is 0 Å². The van der Waals surface area contributed by atoms with Gasteiger partial charge in [0.1, 0.15) is 6.54 Å². The lowest BCUT2D eigenvalue weighted by Crippen LogP contribution is -2.44. The maximum Gasteiger partial charge on any atom is 0.323 e. The molecule has 5 heteroatoms. The Bertz CT molecular complexity index is 1160. The fourth-order valence-electron chi connectivity index (χ4n) is 5.37. The molecule has 1 heterocycles. The van der Waals surface area contributed by atoms with E-state index in [9.17, 15) is 4.79 Å². The summed E-state index contributed by atoms with van der Waals surface area (Å²) in [5.41, 5.74) is 2.53. The molecule has 0 aliphatic carbocycles. The lowest BCUT2D eigenvalue weighted by atomic mass is 10.1. The van der Waals surface area contributed by atoms with E-state index in [1.54, 1.807) is 7.11 Å². The van der Waals surface area contributed by atoms with E-state index in [0.29, 0.717) is 24.6 Å². The van der Waals surface area contributed by atoms with Crippen LogP contribution in [0.2, 0.25) is 0 Å². The third-order valence-corrected chi connectivity index (χ3v) is 7.76. The summed E-state index contributed by atoms with van der Waals surface area (Å²) in [5.74, 6) is 1.43. The molecule has 0 spiro atoms. The number of aryl methyl sites for hydroxylation is 1. The number of ether oxygens (including phenoxy) is 2.